The van der Waals surface area contributed by atoms with Crippen LogP contribution in [0.3, 0.4) is 0 Å². The molecule has 7 heteroatoms. The Balaban J connectivity index is 2.02. The highest BCUT2D eigenvalue weighted by Crippen LogP contribution is 2.31. The molecule has 0 spiro atoms. The molecule has 26 heavy (non-hydrogen) atoms. The molecule has 0 aliphatic carbocycles. The van der Waals surface area contributed by atoms with Crippen molar-refractivity contribution in [1.29, 1.82) is 0 Å². The number of methoxy groups -OCH3 is 1. The number of alkyl halides is 2. The van der Waals surface area contributed by atoms with E-state index in [1.165, 1.54) is 13.2 Å². The van der Waals surface area contributed by atoms with Crippen molar-refractivity contribution >= 4 is 16.7 Å². The Morgan fingerprint density at radius 3 is 2.54 bits per heavy atom. The lowest BCUT2D eigenvalue weighted by molar-refractivity contribution is 0.150. The first-order chi connectivity index (χ1) is 12.4. The van der Waals surface area contributed by atoms with Gasteiger partial charge in [-0.1, -0.05) is 18.2 Å². The Morgan fingerprint density at radius 1 is 1.12 bits per heavy atom. The van der Waals surface area contributed by atoms with Gasteiger partial charge < -0.3 is 10.1 Å². The first-order valence-electron chi connectivity index (χ1n) is 8.23. The van der Waals surface area contributed by atoms with Gasteiger partial charge in [-0.15, -0.1) is 0 Å². The number of aryl methyl sites for hydroxylation is 1. The fraction of sp³-hybridized carbons (Fsp3) is 0.316. The lowest BCUT2D eigenvalue weighted by Gasteiger charge is -2.20. The van der Waals surface area contributed by atoms with E-state index in [4.69, 9.17) is 4.74 Å². The first kappa shape index (κ1) is 18.0. The molecule has 2 heterocycles. The van der Waals surface area contributed by atoms with Crippen molar-refractivity contribution in [3.63, 3.8) is 0 Å². The molecule has 0 saturated heterocycles. The Morgan fingerprint density at radius 2 is 1.85 bits per heavy atom. The molecule has 1 aromatic carbocycles. The predicted molar refractivity (Wildman–Crippen MR) is 96.8 cm³/mol. The number of pyridine rings is 1. The largest absolute Gasteiger partial charge is 0.481 e. The molecule has 0 aliphatic heterocycles. The van der Waals surface area contributed by atoms with Crippen molar-refractivity contribution < 1.29 is 13.5 Å². The molecule has 136 valence electrons. The number of hydrogen-bond acceptors (Lipinski definition) is 5. The summed E-state index contributed by atoms with van der Waals surface area (Å²) in [5.41, 5.74) is 2.11. The maximum absolute atomic E-state index is 13.2. The van der Waals surface area contributed by atoms with E-state index in [1.54, 1.807) is 32.2 Å². The van der Waals surface area contributed by atoms with Crippen LogP contribution in [0.15, 0.2) is 30.5 Å². The quantitative estimate of drug-likeness (QED) is 0.712. The summed E-state index contributed by atoms with van der Waals surface area (Å²) in [6.07, 6.45) is -0.874. The average Bonchev–Trinajstić information content (AvgIpc) is 2.61. The number of nitrogens with one attached hydrogen (secondary N) is 1. The van der Waals surface area contributed by atoms with E-state index in [9.17, 15) is 8.78 Å². The third-order valence-corrected chi connectivity index (χ3v) is 4.35. The van der Waals surface area contributed by atoms with Crippen LogP contribution >= 0.6 is 0 Å². The number of rotatable bonds is 5. The van der Waals surface area contributed by atoms with Gasteiger partial charge in [0.15, 0.2) is 0 Å². The molecule has 0 radical (unpaired) electrons. The third-order valence-electron chi connectivity index (χ3n) is 4.35. The zero-order chi connectivity index (χ0) is 18.8. The minimum Gasteiger partial charge on any atom is -0.481 e. The molecule has 5 nitrogen and oxygen atoms in total. The lowest BCUT2D eigenvalue weighted by atomic mass is 9.97. The number of fused-ring (bicyclic) bond motifs is 1. The average molecular weight is 358 g/mol. The van der Waals surface area contributed by atoms with E-state index in [0.29, 0.717) is 28.6 Å². The van der Waals surface area contributed by atoms with Gasteiger partial charge in [0, 0.05) is 17.0 Å². The molecule has 0 saturated carbocycles. The number of aromatic nitrogens is 3. The maximum atomic E-state index is 13.2. The number of hydrogen-bond donors (Lipinski definition) is 1. The fourth-order valence-electron chi connectivity index (χ4n) is 3.01. The molecule has 0 bridgehead atoms. The predicted octanol–water partition coefficient (Wildman–Crippen LogP) is 4.76. The van der Waals surface area contributed by atoms with E-state index in [2.05, 4.69) is 20.3 Å². The molecule has 0 aliphatic rings. The summed E-state index contributed by atoms with van der Waals surface area (Å²) in [5, 5.41) is 4.08. The summed E-state index contributed by atoms with van der Waals surface area (Å²) in [5.74, 6) is 1.66. The van der Waals surface area contributed by atoms with Gasteiger partial charge in [-0.2, -0.15) is 0 Å². The SMILES string of the molecule is COc1cc2c(N[C@H](C)c3cccc(C(F)F)c3C)nc(C)nc2cn1. The van der Waals surface area contributed by atoms with Crippen molar-refractivity contribution in [3.8, 4) is 5.88 Å². The van der Waals surface area contributed by atoms with E-state index in [-0.39, 0.29) is 11.6 Å². The van der Waals surface area contributed by atoms with Gasteiger partial charge in [0.25, 0.3) is 6.43 Å². The van der Waals surface area contributed by atoms with Crippen LogP contribution < -0.4 is 10.1 Å². The Bertz CT molecular complexity index is 946. The summed E-state index contributed by atoms with van der Waals surface area (Å²) >= 11 is 0. The van der Waals surface area contributed by atoms with Gasteiger partial charge in [-0.05, 0) is 31.9 Å². The van der Waals surface area contributed by atoms with Gasteiger partial charge in [0.05, 0.1) is 24.9 Å². The highest BCUT2D eigenvalue weighted by Gasteiger charge is 2.17. The second-order valence-corrected chi connectivity index (χ2v) is 6.09. The van der Waals surface area contributed by atoms with Crippen LogP contribution in [-0.2, 0) is 0 Å². The highest BCUT2D eigenvalue weighted by atomic mass is 19.3. The topological polar surface area (TPSA) is 59.9 Å². The normalized spacial score (nSPS) is 12.4. The number of anilines is 1. The van der Waals surface area contributed by atoms with Gasteiger partial charge in [0.1, 0.15) is 11.6 Å². The van der Waals surface area contributed by atoms with Gasteiger partial charge in [-0.3, -0.25) is 0 Å². The Labute approximate surface area is 150 Å². The van der Waals surface area contributed by atoms with E-state index < -0.39 is 6.43 Å². The number of nitrogens with zero attached hydrogens (tertiary/aromatic N) is 3. The molecule has 0 fully saturated rings. The van der Waals surface area contributed by atoms with Crippen LogP contribution in [0.4, 0.5) is 14.6 Å². The van der Waals surface area contributed by atoms with Gasteiger partial charge in [0.2, 0.25) is 5.88 Å². The van der Waals surface area contributed by atoms with Crippen LogP contribution in [0, 0.1) is 13.8 Å². The lowest BCUT2D eigenvalue weighted by Crippen LogP contribution is -2.12. The van der Waals surface area contributed by atoms with E-state index >= 15 is 0 Å². The zero-order valence-electron chi connectivity index (χ0n) is 15.0. The number of benzene rings is 1. The fourth-order valence-corrected chi connectivity index (χ4v) is 3.01. The first-order valence-corrected chi connectivity index (χ1v) is 8.23. The second-order valence-electron chi connectivity index (χ2n) is 6.09. The summed E-state index contributed by atoms with van der Waals surface area (Å²) in [7, 11) is 1.54. The Hall–Kier alpha value is -2.83. The standard InChI is InChI=1S/C19H20F2N4O/c1-10-13(6-5-7-14(10)18(20)21)11(2)23-19-15-8-17(26-4)22-9-16(15)24-12(3)25-19/h5-9,11,18H,1-4H3,(H,23,24,25)/t11-/m1/s1. The smallest absolute Gasteiger partial charge is 0.264 e. The number of halogens is 2. The molecule has 0 unspecified atom stereocenters. The minimum absolute atomic E-state index is 0.0470. The zero-order valence-corrected chi connectivity index (χ0v) is 15.0. The number of ether oxygens (including phenoxy) is 1. The summed E-state index contributed by atoms with van der Waals surface area (Å²) in [6.45, 7) is 5.42. The Kier molecular flexibility index (Phi) is 4.97. The van der Waals surface area contributed by atoms with Gasteiger partial charge in [-0.25, -0.2) is 23.7 Å². The summed E-state index contributed by atoms with van der Waals surface area (Å²) in [6, 6.07) is 6.49. The molecule has 3 aromatic rings. The van der Waals surface area contributed by atoms with Gasteiger partial charge >= 0.3 is 0 Å². The van der Waals surface area contributed by atoms with Crippen LogP contribution in [0.25, 0.3) is 10.9 Å². The molecule has 0 amide bonds. The summed E-state index contributed by atoms with van der Waals surface area (Å²) < 4.78 is 31.5. The third kappa shape index (κ3) is 3.42. The molecule has 3 rings (SSSR count). The van der Waals surface area contributed by atoms with Crippen molar-refractivity contribution in [2.75, 3.05) is 12.4 Å². The summed E-state index contributed by atoms with van der Waals surface area (Å²) in [4.78, 5) is 13.0. The molecule has 1 N–H and O–H groups in total. The van der Waals surface area contributed by atoms with E-state index in [0.717, 1.165) is 10.9 Å². The monoisotopic (exact) mass is 358 g/mol. The molecular formula is C19H20F2N4O. The van der Waals surface area contributed by atoms with Crippen LogP contribution in [-0.4, -0.2) is 22.1 Å². The minimum atomic E-state index is -2.50. The van der Waals surface area contributed by atoms with Crippen molar-refractivity contribution in [2.24, 2.45) is 0 Å². The second kappa shape index (κ2) is 7.19. The molecule has 2 aromatic heterocycles. The van der Waals surface area contributed by atoms with Crippen LogP contribution in [0.2, 0.25) is 0 Å². The maximum Gasteiger partial charge on any atom is 0.264 e. The van der Waals surface area contributed by atoms with Crippen LogP contribution in [0.5, 0.6) is 5.88 Å². The molecular weight excluding hydrogens is 338 g/mol. The van der Waals surface area contributed by atoms with Crippen molar-refractivity contribution in [3.05, 3.63) is 53.0 Å². The molecule has 1 atom stereocenters. The van der Waals surface area contributed by atoms with Crippen LogP contribution in [0.1, 0.15) is 41.9 Å². The van der Waals surface area contributed by atoms with E-state index in [1.807, 2.05) is 13.0 Å². The highest BCUT2D eigenvalue weighted by molar-refractivity contribution is 5.89. The van der Waals surface area contributed by atoms with Crippen molar-refractivity contribution in [2.45, 2.75) is 33.2 Å². The van der Waals surface area contributed by atoms with Crippen molar-refractivity contribution in [1.82, 2.24) is 15.0 Å².